The highest BCUT2D eigenvalue weighted by molar-refractivity contribution is 5.90. The second-order valence-corrected chi connectivity index (χ2v) is 4.61. The molecule has 2 rings (SSSR count). The van der Waals surface area contributed by atoms with Gasteiger partial charge in [-0.05, 0) is 36.1 Å². The van der Waals surface area contributed by atoms with Crippen molar-refractivity contribution < 1.29 is 14.6 Å². The zero-order valence-corrected chi connectivity index (χ0v) is 11.5. The summed E-state index contributed by atoms with van der Waals surface area (Å²) >= 11 is 0. The minimum Gasteiger partial charge on any atom is -0.477 e. The molecule has 20 heavy (non-hydrogen) atoms. The summed E-state index contributed by atoms with van der Waals surface area (Å²) in [4.78, 5) is 15.2. The molecule has 0 aliphatic carbocycles. The number of carbonyl (C=O) groups is 1. The fraction of sp³-hybridized carbons (Fsp3) is 0.250. The van der Waals surface area contributed by atoms with Gasteiger partial charge in [-0.25, -0.2) is 9.78 Å². The predicted octanol–water partition coefficient (Wildman–Crippen LogP) is 4.09. The smallest absolute Gasteiger partial charge is 0.341 e. The Morgan fingerprint density at radius 3 is 2.75 bits per heavy atom. The molecule has 1 heterocycles. The molecule has 0 radical (unpaired) electrons. The lowest BCUT2D eigenvalue weighted by Crippen LogP contribution is -2.03. The summed E-state index contributed by atoms with van der Waals surface area (Å²) in [5.74, 6) is 0.0658. The van der Waals surface area contributed by atoms with Crippen LogP contribution >= 0.6 is 0 Å². The van der Waals surface area contributed by atoms with Crippen molar-refractivity contribution in [1.29, 1.82) is 0 Å². The van der Waals surface area contributed by atoms with Crippen molar-refractivity contribution in [2.75, 3.05) is 0 Å². The topological polar surface area (TPSA) is 59.4 Å². The van der Waals surface area contributed by atoms with E-state index < -0.39 is 5.97 Å². The molecule has 0 bridgehead atoms. The monoisotopic (exact) mass is 271 g/mol. The zero-order chi connectivity index (χ0) is 14.5. The van der Waals surface area contributed by atoms with Gasteiger partial charge in [0.25, 0.3) is 0 Å². The Balaban J connectivity index is 2.38. The number of carboxylic acid groups (broad SMARTS) is 1. The van der Waals surface area contributed by atoms with E-state index in [9.17, 15) is 4.79 Å². The van der Waals surface area contributed by atoms with Gasteiger partial charge in [0.2, 0.25) is 5.88 Å². The van der Waals surface area contributed by atoms with E-state index in [1.165, 1.54) is 12.3 Å². The van der Waals surface area contributed by atoms with E-state index in [1.807, 2.05) is 24.3 Å². The Morgan fingerprint density at radius 2 is 2.05 bits per heavy atom. The Labute approximate surface area is 118 Å². The molecule has 0 fully saturated rings. The van der Waals surface area contributed by atoms with Gasteiger partial charge in [0.15, 0.2) is 0 Å². The largest absolute Gasteiger partial charge is 0.477 e. The molecule has 104 valence electrons. The molecule has 0 saturated carbocycles. The molecule has 1 aromatic heterocycles. The third kappa shape index (κ3) is 2.96. The number of rotatable bonds is 5. The molecule has 1 atom stereocenters. The summed E-state index contributed by atoms with van der Waals surface area (Å²) in [6, 6.07) is 10.7. The van der Waals surface area contributed by atoms with Crippen LogP contribution in [0.2, 0.25) is 0 Å². The Morgan fingerprint density at radius 1 is 1.30 bits per heavy atom. The predicted molar refractivity (Wildman–Crippen MR) is 76.4 cm³/mol. The summed E-state index contributed by atoms with van der Waals surface area (Å²) < 4.78 is 5.73. The molecule has 0 amide bonds. The Kier molecular flexibility index (Phi) is 4.35. The number of nitrogens with zero attached hydrogens (tertiary/aromatic N) is 1. The number of aromatic nitrogens is 1. The maximum Gasteiger partial charge on any atom is 0.341 e. The van der Waals surface area contributed by atoms with Crippen LogP contribution in [0.4, 0.5) is 0 Å². The maximum atomic E-state index is 11.2. The molecule has 1 unspecified atom stereocenters. The SMILES string of the molecule is CCC(C)c1ccccc1Oc1ncccc1C(=O)O. The van der Waals surface area contributed by atoms with E-state index in [0.717, 1.165) is 12.0 Å². The number of ether oxygens (including phenoxy) is 1. The van der Waals surface area contributed by atoms with Crippen LogP contribution in [0, 0.1) is 0 Å². The Bertz CT molecular complexity index is 610. The van der Waals surface area contributed by atoms with E-state index in [1.54, 1.807) is 6.07 Å². The fourth-order valence-corrected chi connectivity index (χ4v) is 1.94. The summed E-state index contributed by atoms with van der Waals surface area (Å²) in [6.45, 7) is 4.21. The van der Waals surface area contributed by atoms with Crippen LogP contribution in [0.1, 0.15) is 42.1 Å². The van der Waals surface area contributed by atoms with Gasteiger partial charge in [0, 0.05) is 6.20 Å². The molecule has 0 saturated heterocycles. The summed E-state index contributed by atoms with van der Waals surface area (Å²) in [5.41, 5.74) is 1.11. The van der Waals surface area contributed by atoms with Gasteiger partial charge < -0.3 is 9.84 Å². The zero-order valence-electron chi connectivity index (χ0n) is 11.5. The van der Waals surface area contributed by atoms with Crippen LogP contribution in [0.15, 0.2) is 42.6 Å². The fourth-order valence-electron chi connectivity index (χ4n) is 1.94. The number of hydrogen-bond donors (Lipinski definition) is 1. The van der Waals surface area contributed by atoms with Crippen molar-refractivity contribution in [2.45, 2.75) is 26.2 Å². The van der Waals surface area contributed by atoms with E-state index in [0.29, 0.717) is 11.7 Å². The summed E-state index contributed by atoms with van der Waals surface area (Å²) in [7, 11) is 0. The van der Waals surface area contributed by atoms with Crippen molar-refractivity contribution in [3.8, 4) is 11.6 Å². The third-order valence-corrected chi connectivity index (χ3v) is 3.27. The molecule has 0 aliphatic heterocycles. The lowest BCUT2D eigenvalue weighted by atomic mass is 9.98. The molecular formula is C16H17NO3. The average Bonchev–Trinajstić information content (AvgIpc) is 2.47. The van der Waals surface area contributed by atoms with E-state index >= 15 is 0 Å². The van der Waals surface area contributed by atoms with Crippen molar-refractivity contribution in [3.63, 3.8) is 0 Å². The first-order chi connectivity index (χ1) is 9.63. The molecule has 2 aromatic rings. The number of para-hydroxylation sites is 1. The van der Waals surface area contributed by atoms with Gasteiger partial charge in [-0.2, -0.15) is 0 Å². The standard InChI is InChI=1S/C16H17NO3/c1-3-11(2)12-7-4-5-9-14(12)20-15-13(16(18)19)8-6-10-17-15/h4-11H,3H2,1-2H3,(H,18,19). The van der Waals surface area contributed by atoms with Crippen LogP contribution < -0.4 is 4.74 Å². The first-order valence-corrected chi connectivity index (χ1v) is 6.58. The quantitative estimate of drug-likeness (QED) is 0.890. The first-order valence-electron chi connectivity index (χ1n) is 6.58. The first kappa shape index (κ1) is 14.1. The number of carboxylic acids is 1. The van der Waals surface area contributed by atoms with Gasteiger partial charge in [0.05, 0.1) is 0 Å². The van der Waals surface area contributed by atoms with E-state index in [-0.39, 0.29) is 11.4 Å². The number of pyridine rings is 1. The minimum absolute atomic E-state index is 0.0615. The third-order valence-electron chi connectivity index (χ3n) is 3.27. The molecule has 4 heteroatoms. The highest BCUT2D eigenvalue weighted by Gasteiger charge is 2.15. The molecule has 1 aromatic carbocycles. The maximum absolute atomic E-state index is 11.2. The highest BCUT2D eigenvalue weighted by atomic mass is 16.5. The van der Waals surface area contributed by atoms with E-state index in [2.05, 4.69) is 18.8 Å². The molecular weight excluding hydrogens is 254 g/mol. The number of hydrogen-bond acceptors (Lipinski definition) is 3. The van der Waals surface area contributed by atoms with Crippen LogP contribution in [0.25, 0.3) is 0 Å². The normalized spacial score (nSPS) is 11.9. The van der Waals surface area contributed by atoms with Crippen molar-refractivity contribution in [2.24, 2.45) is 0 Å². The van der Waals surface area contributed by atoms with Gasteiger partial charge in [-0.1, -0.05) is 32.0 Å². The van der Waals surface area contributed by atoms with Crippen LogP contribution in [-0.4, -0.2) is 16.1 Å². The van der Waals surface area contributed by atoms with Crippen LogP contribution in [0.5, 0.6) is 11.6 Å². The second-order valence-electron chi connectivity index (χ2n) is 4.61. The van der Waals surface area contributed by atoms with Crippen LogP contribution in [0.3, 0.4) is 0 Å². The Hall–Kier alpha value is -2.36. The van der Waals surface area contributed by atoms with Gasteiger partial charge in [-0.15, -0.1) is 0 Å². The molecule has 0 spiro atoms. The number of benzene rings is 1. The minimum atomic E-state index is -1.05. The summed E-state index contributed by atoms with van der Waals surface area (Å²) in [5, 5.41) is 9.15. The van der Waals surface area contributed by atoms with Crippen molar-refractivity contribution in [3.05, 3.63) is 53.7 Å². The van der Waals surface area contributed by atoms with Gasteiger partial charge >= 0.3 is 5.97 Å². The molecule has 4 nitrogen and oxygen atoms in total. The van der Waals surface area contributed by atoms with Gasteiger partial charge in [-0.3, -0.25) is 0 Å². The average molecular weight is 271 g/mol. The van der Waals surface area contributed by atoms with Crippen molar-refractivity contribution in [1.82, 2.24) is 4.98 Å². The van der Waals surface area contributed by atoms with E-state index in [4.69, 9.17) is 9.84 Å². The highest BCUT2D eigenvalue weighted by Crippen LogP contribution is 2.32. The molecule has 0 aliphatic rings. The lowest BCUT2D eigenvalue weighted by molar-refractivity contribution is 0.0693. The van der Waals surface area contributed by atoms with Crippen LogP contribution in [-0.2, 0) is 0 Å². The number of aromatic carboxylic acids is 1. The molecule has 1 N–H and O–H groups in total. The second kappa shape index (κ2) is 6.19. The van der Waals surface area contributed by atoms with Crippen molar-refractivity contribution >= 4 is 5.97 Å². The van der Waals surface area contributed by atoms with Gasteiger partial charge in [0.1, 0.15) is 11.3 Å². The summed E-state index contributed by atoms with van der Waals surface area (Å²) in [6.07, 6.45) is 2.50. The lowest BCUT2D eigenvalue weighted by Gasteiger charge is -2.15.